The van der Waals surface area contributed by atoms with Gasteiger partial charge in [-0.1, -0.05) is 46.3 Å². The van der Waals surface area contributed by atoms with Crippen LogP contribution in [0.3, 0.4) is 0 Å². The Hall–Kier alpha value is -2.99. The second-order valence-electron chi connectivity index (χ2n) is 6.20. The van der Waals surface area contributed by atoms with Gasteiger partial charge in [0.05, 0.1) is 6.04 Å². The number of benzene rings is 2. The fourth-order valence-corrected chi connectivity index (χ4v) is 3.05. The van der Waals surface area contributed by atoms with Gasteiger partial charge in [-0.3, -0.25) is 14.6 Å². The SMILES string of the molecule is O=C(CCNC(=O)c1ccc(Br)cc1)NC(c1ccccc1)c1ccncc1. The fourth-order valence-electron chi connectivity index (χ4n) is 2.79. The van der Waals surface area contributed by atoms with Crippen molar-refractivity contribution in [3.05, 3.63) is 100 Å². The molecule has 0 radical (unpaired) electrons. The highest BCUT2D eigenvalue weighted by atomic mass is 79.9. The van der Waals surface area contributed by atoms with Gasteiger partial charge in [-0.05, 0) is 47.5 Å². The van der Waals surface area contributed by atoms with Gasteiger partial charge in [0.1, 0.15) is 0 Å². The minimum Gasteiger partial charge on any atom is -0.352 e. The number of hydrogen-bond donors (Lipinski definition) is 2. The molecular formula is C22H20BrN3O2. The van der Waals surface area contributed by atoms with E-state index < -0.39 is 0 Å². The van der Waals surface area contributed by atoms with Crippen LogP contribution in [0.4, 0.5) is 0 Å². The minimum absolute atomic E-state index is 0.137. The lowest BCUT2D eigenvalue weighted by molar-refractivity contribution is -0.121. The zero-order valence-electron chi connectivity index (χ0n) is 15.1. The van der Waals surface area contributed by atoms with Crippen molar-refractivity contribution in [2.45, 2.75) is 12.5 Å². The van der Waals surface area contributed by atoms with E-state index >= 15 is 0 Å². The Morgan fingerprint density at radius 1 is 0.893 bits per heavy atom. The summed E-state index contributed by atoms with van der Waals surface area (Å²) >= 11 is 3.34. The van der Waals surface area contributed by atoms with E-state index in [-0.39, 0.29) is 30.8 Å². The highest BCUT2D eigenvalue weighted by molar-refractivity contribution is 9.10. The summed E-state index contributed by atoms with van der Waals surface area (Å²) in [4.78, 5) is 28.7. The Bertz CT molecular complexity index is 876. The number of carbonyl (C=O) groups is 2. The van der Waals surface area contributed by atoms with Crippen LogP contribution >= 0.6 is 15.9 Å². The summed E-state index contributed by atoms with van der Waals surface area (Å²) in [5.41, 5.74) is 2.50. The van der Waals surface area contributed by atoms with Gasteiger partial charge >= 0.3 is 0 Å². The lowest BCUT2D eigenvalue weighted by Crippen LogP contribution is -2.33. The number of amides is 2. The zero-order chi connectivity index (χ0) is 19.8. The number of halogens is 1. The highest BCUT2D eigenvalue weighted by Gasteiger charge is 2.16. The van der Waals surface area contributed by atoms with Crippen molar-refractivity contribution < 1.29 is 9.59 Å². The first-order chi connectivity index (χ1) is 13.6. The van der Waals surface area contributed by atoms with Gasteiger partial charge in [0.15, 0.2) is 0 Å². The molecule has 1 heterocycles. The monoisotopic (exact) mass is 437 g/mol. The van der Waals surface area contributed by atoms with Crippen LogP contribution in [0.25, 0.3) is 0 Å². The number of carbonyl (C=O) groups excluding carboxylic acids is 2. The molecule has 1 aromatic heterocycles. The number of aromatic nitrogens is 1. The molecule has 2 aromatic carbocycles. The maximum atomic E-state index is 12.5. The summed E-state index contributed by atoms with van der Waals surface area (Å²) < 4.78 is 0.909. The molecule has 3 rings (SSSR count). The first-order valence-corrected chi connectivity index (χ1v) is 9.71. The molecule has 0 bridgehead atoms. The van der Waals surface area contributed by atoms with Gasteiger partial charge in [-0.25, -0.2) is 0 Å². The first-order valence-electron chi connectivity index (χ1n) is 8.91. The zero-order valence-corrected chi connectivity index (χ0v) is 16.7. The van der Waals surface area contributed by atoms with Gasteiger partial charge in [0.25, 0.3) is 5.91 Å². The molecule has 1 atom stereocenters. The Balaban J connectivity index is 1.58. The van der Waals surface area contributed by atoms with E-state index in [0.717, 1.165) is 15.6 Å². The predicted octanol–water partition coefficient (Wildman–Crippen LogP) is 3.87. The van der Waals surface area contributed by atoms with Gasteiger partial charge in [-0.15, -0.1) is 0 Å². The van der Waals surface area contributed by atoms with E-state index in [0.29, 0.717) is 5.56 Å². The lowest BCUT2D eigenvalue weighted by atomic mass is 9.99. The van der Waals surface area contributed by atoms with Gasteiger partial charge < -0.3 is 10.6 Å². The van der Waals surface area contributed by atoms with E-state index in [2.05, 4.69) is 31.5 Å². The summed E-state index contributed by atoms with van der Waals surface area (Å²) in [6.45, 7) is 0.262. The molecule has 5 nitrogen and oxygen atoms in total. The maximum absolute atomic E-state index is 12.5. The van der Waals surface area contributed by atoms with Gasteiger partial charge in [0.2, 0.25) is 5.91 Å². The third-order valence-electron chi connectivity index (χ3n) is 4.22. The van der Waals surface area contributed by atoms with E-state index in [9.17, 15) is 9.59 Å². The third-order valence-corrected chi connectivity index (χ3v) is 4.75. The predicted molar refractivity (Wildman–Crippen MR) is 112 cm³/mol. The van der Waals surface area contributed by atoms with Crippen molar-refractivity contribution in [2.75, 3.05) is 6.54 Å². The summed E-state index contributed by atoms with van der Waals surface area (Å²) in [6, 6.07) is 20.3. The molecule has 6 heteroatoms. The molecule has 0 aliphatic rings. The molecule has 28 heavy (non-hydrogen) atoms. The molecule has 1 unspecified atom stereocenters. The van der Waals surface area contributed by atoms with Crippen LogP contribution in [0.5, 0.6) is 0 Å². The van der Waals surface area contributed by atoms with Crippen molar-refractivity contribution in [3.63, 3.8) is 0 Å². The number of pyridine rings is 1. The molecule has 2 N–H and O–H groups in total. The topological polar surface area (TPSA) is 71.1 Å². The lowest BCUT2D eigenvalue weighted by Gasteiger charge is -2.20. The average Bonchev–Trinajstić information content (AvgIpc) is 2.73. The number of hydrogen-bond acceptors (Lipinski definition) is 3. The number of nitrogens with one attached hydrogen (secondary N) is 2. The number of nitrogens with zero attached hydrogens (tertiary/aromatic N) is 1. The molecule has 0 aliphatic carbocycles. The van der Waals surface area contributed by atoms with E-state index in [4.69, 9.17) is 0 Å². The van der Waals surface area contributed by atoms with Gasteiger partial charge in [-0.2, -0.15) is 0 Å². The molecule has 0 aliphatic heterocycles. The third kappa shape index (κ3) is 5.50. The van der Waals surface area contributed by atoms with E-state index in [1.54, 1.807) is 36.7 Å². The second kappa shape index (κ2) is 9.80. The largest absolute Gasteiger partial charge is 0.352 e. The van der Waals surface area contributed by atoms with Crippen LogP contribution in [-0.2, 0) is 4.79 Å². The Morgan fingerprint density at radius 3 is 2.21 bits per heavy atom. The van der Waals surface area contributed by atoms with Crippen LogP contribution in [0.15, 0.2) is 83.6 Å². The molecule has 3 aromatic rings. The fraction of sp³-hybridized carbons (Fsp3) is 0.136. The average molecular weight is 438 g/mol. The molecule has 0 spiro atoms. The Kier molecular flexibility index (Phi) is 6.92. The molecule has 142 valence electrons. The smallest absolute Gasteiger partial charge is 0.251 e. The van der Waals surface area contributed by atoms with Crippen molar-refractivity contribution in [3.8, 4) is 0 Å². The summed E-state index contributed by atoms with van der Waals surface area (Å²) in [7, 11) is 0. The molecular weight excluding hydrogens is 418 g/mol. The molecule has 0 fully saturated rings. The Morgan fingerprint density at radius 2 is 1.54 bits per heavy atom. The highest BCUT2D eigenvalue weighted by Crippen LogP contribution is 2.21. The second-order valence-corrected chi connectivity index (χ2v) is 7.12. The van der Waals surface area contributed by atoms with Crippen LogP contribution in [0, 0.1) is 0 Å². The van der Waals surface area contributed by atoms with Crippen LogP contribution in [0.1, 0.15) is 33.9 Å². The number of rotatable bonds is 7. The van der Waals surface area contributed by atoms with Crippen LogP contribution in [0.2, 0.25) is 0 Å². The van der Waals surface area contributed by atoms with E-state index in [1.165, 1.54) is 0 Å². The van der Waals surface area contributed by atoms with Crippen LogP contribution in [-0.4, -0.2) is 23.3 Å². The summed E-state index contributed by atoms with van der Waals surface area (Å²) in [5, 5.41) is 5.82. The first kappa shape index (κ1) is 19.8. The van der Waals surface area contributed by atoms with Gasteiger partial charge in [0, 0.05) is 35.4 Å². The minimum atomic E-state index is -0.265. The normalized spacial score (nSPS) is 11.5. The van der Waals surface area contributed by atoms with E-state index in [1.807, 2.05) is 42.5 Å². The summed E-state index contributed by atoms with van der Waals surface area (Å²) in [6.07, 6.45) is 3.60. The standard InChI is InChI=1S/C22H20BrN3O2/c23-19-8-6-18(7-9-19)22(28)25-15-12-20(27)26-21(16-4-2-1-3-5-16)17-10-13-24-14-11-17/h1-11,13-14,21H,12,15H2,(H,25,28)(H,26,27). The van der Waals surface area contributed by atoms with Crippen molar-refractivity contribution >= 4 is 27.7 Å². The quantitative estimate of drug-likeness (QED) is 0.589. The maximum Gasteiger partial charge on any atom is 0.251 e. The molecule has 0 saturated heterocycles. The van der Waals surface area contributed by atoms with Crippen molar-refractivity contribution in [2.24, 2.45) is 0 Å². The molecule has 2 amide bonds. The molecule has 0 saturated carbocycles. The van der Waals surface area contributed by atoms with Crippen LogP contribution < -0.4 is 10.6 Å². The van der Waals surface area contributed by atoms with Crippen molar-refractivity contribution in [1.29, 1.82) is 0 Å². The summed E-state index contributed by atoms with van der Waals surface area (Å²) in [5.74, 6) is -0.337. The Labute approximate surface area is 172 Å². The van der Waals surface area contributed by atoms with Crippen molar-refractivity contribution in [1.82, 2.24) is 15.6 Å².